The average molecular weight is 155 g/mol. The summed E-state index contributed by atoms with van der Waals surface area (Å²) in [5, 5.41) is 0. The largest absolute Gasteiger partial charge is 0.235 e. The molecule has 0 aliphatic carbocycles. The minimum atomic E-state index is 0.113. The van der Waals surface area contributed by atoms with Crippen molar-refractivity contribution in [1.82, 2.24) is 0 Å². The molecular weight excluding hydrogens is 138 g/mol. The van der Waals surface area contributed by atoms with E-state index in [0.29, 0.717) is 5.41 Å². The van der Waals surface area contributed by atoms with Gasteiger partial charge in [0.05, 0.1) is 6.04 Å². The van der Waals surface area contributed by atoms with Gasteiger partial charge in [0.25, 0.3) is 0 Å². The third-order valence-electron chi connectivity index (χ3n) is 2.08. The first-order chi connectivity index (χ1) is 5.02. The molecule has 11 heavy (non-hydrogen) atoms. The Morgan fingerprint density at radius 2 is 2.09 bits per heavy atom. The van der Waals surface area contributed by atoms with Crippen molar-refractivity contribution in [3.63, 3.8) is 0 Å². The van der Waals surface area contributed by atoms with Crippen LogP contribution in [0.4, 0.5) is 0 Å². The van der Waals surface area contributed by atoms with E-state index in [9.17, 15) is 4.79 Å². The molecule has 2 nitrogen and oxygen atoms in total. The summed E-state index contributed by atoms with van der Waals surface area (Å²) in [6.45, 7) is 8.47. The summed E-state index contributed by atoms with van der Waals surface area (Å²) in [7, 11) is 0. The molecule has 0 aliphatic rings. The van der Waals surface area contributed by atoms with Gasteiger partial charge in [-0.25, -0.2) is 9.79 Å². The zero-order valence-corrected chi connectivity index (χ0v) is 7.85. The zero-order valence-electron chi connectivity index (χ0n) is 7.85. The van der Waals surface area contributed by atoms with Gasteiger partial charge in [0.15, 0.2) is 0 Å². The Hall–Kier alpha value is -0.620. The summed E-state index contributed by atoms with van der Waals surface area (Å²) >= 11 is 0. The van der Waals surface area contributed by atoms with Crippen molar-refractivity contribution in [3.8, 4) is 0 Å². The Bertz CT molecular complexity index is 157. The molecule has 0 spiro atoms. The lowest BCUT2D eigenvalue weighted by molar-refractivity contribution is 0.300. The summed E-state index contributed by atoms with van der Waals surface area (Å²) in [6.07, 6.45) is 3.66. The van der Waals surface area contributed by atoms with Crippen molar-refractivity contribution in [2.75, 3.05) is 0 Å². The fourth-order valence-corrected chi connectivity index (χ4v) is 1.08. The molecule has 0 amide bonds. The molecular formula is C9H17NO. The number of hydrogen-bond acceptors (Lipinski definition) is 2. The van der Waals surface area contributed by atoms with Crippen molar-refractivity contribution in [2.24, 2.45) is 10.4 Å². The van der Waals surface area contributed by atoms with E-state index in [1.165, 1.54) is 0 Å². The van der Waals surface area contributed by atoms with E-state index in [2.05, 4.69) is 25.8 Å². The van der Waals surface area contributed by atoms with Gasteiger partial charge in [0, 0.05) is 0 Å². The first kappa shape index (κ1) is 10.4. The van der Waals surface area contributed by atoms with Gasteiger partial charge in [-0.2, -0.15) is 0 Å². The molecule has 0 N–H and O–H groups in total. The predicted octanol–water partition coefficient (Wildman–Crippen LogP) is 2.54. The molecule has 0 aliphatic heterocycles. The minimum absolute atomic E-state index is 0.113. The highest BCUT2D eigenvalue weighted by molar-refractivity contribution is 5.33. The van der Waals surface area contributed by atoms with Gasteiger partial charge in [-0.3, -0.25) is 0 Å². The normalized spacial score (nSPS) is 13.8. The predicted molar refractivity (Wildman–Crippen MR) is 46.3 cm³/mol. The van der Waals surface area contributed by atoms with Crippen LogP contribution >= 0.6 is 0 Å². The van der Waals surface area contributed by atoms with Crippen molar-refractivity contribution in [2.45, 2.75) is 46.6 Å². The van der Waals surface area contributed by atoms with Gasteiger partial charge < -0.3 is 0 Å². The molecule has 64 valence electrons. The van der Waals surface area contributed by atoms with E-state index in [1.807, 2.05) is 6.92 Å². The monoisotopic (exact) mass is 155 g/mol. The molecule has 0 aromatic heterocycles. The second-order valence-electron chi connectivity index (χ2n) is 3.79. The molecule has 1 unspecified atom stereocenters. The first-order valence-electron chi connectivity index (χ1n) is 4.09. The Balaban J connectivity index is 3.92. The van der Waals surface area contributed by atoms with E-state index in [4.69, 9.17) is 0 Å². The highest BCUT2D eigenvalue weighted by Gasteiger charge is 2.17. The molecule has 0 rings (SSSR count). The van der Waals surface area contributed by atoms with Gasteiger partial charge >= 0.3 is 0 Å². The van der Waals surface area contributed by atoms with Crippen LogP contribution in [0.3, 0.4) is 0 Å². The Morgan fingerprint density at radius 3 is 2.45 bits per heavy atom. The zero-order chi connectivity index (χ0) is 8.91. The van der Waals surface area contributed by atoms with Gasteiger partial charge in [-0.1, -0.05) is 27.2 Å². The summed E-state index contributed by atoms with van der Waals surface area (Å²) in [6, 6.07) is 0.113. The van der Waals surface area contributed by atoms with E-state index < -0.39 is 0 Å². The highest BCUT2D eigenvalue weighted by Crippen LogP contribution is 2.26. The van der Waals surface area contributed by atoms with E-state index in [-0.39, 0.29) is 6.04 Å². The minimum Gasteiger partial charge on any atom is -0.211 e. The van der Waals surface area contributed by atoms with Crippen LogP contribution in [0.2, 0.25) is 0 Å². The molecule has 1 atom stereocenters. The van der Waals surface area contributed by atoms with Crippen LogP contribution in [0.1, 0.15) is 40.5 Å². The number of aliphatic imine (C=N–C) groups is 1. The van der Waals surface area contributed by atoms with Crippen LogP contribution in [0, 0.1) is 5.41 Å². The summed E-state index contributed by atoms with van der Waals surface area (Å²) in [4.78, 5) is 13.5. The van der Waals surface area contributed by atoms with E-state index in [0.717, 1.165) is 12.8 Å². The number of rotatable bonds is 4. The first-order valence-corrected chi connectivity index (χ1v) is 4.09. The molecule has 0 radical (unpaired) electrons. The van der Waals surface area contributed by atoms with Gasteiger partial charge in [-0.15, -0.1) is 0 Å². The maximum Gasteiger partial charge on any atom is 0.235 e. The Kier molecular flexibility index (Phi) is 4.06. The molecule has 0 saturated carbocycles. The van der Waals surface area contributed by atoms with Crippen LogP contribution in [-0.4, -0.2) is 12.1 Å². The van der Waals surface area contributed by atoms with Crippen molar-refractivity contribution >= 4 is 6.08 Å². The average Bonchev–Trinajstić information content (AvgIpc) is 1.87. The van der Waals surface area contributed by atoms with Gasteiger partial charge in [0.2, 0.25) is 6.08 Å². The Morgan fingerprint density at radius 1 is 1.55 bits per heavy atom. The fourth-order valence-electron chi connectivity index (χ4n) is 1.08. The SMILES string of the molecule is CCC(C)(C)CC(C)N=C=O. The Labute approximate surface area is 68.7 Å². The van der Waals surface area contributed by atoms with Gasteiger partial charge in [0.1, 0.15) is 0 Å². The highest BCUT2D eigenvalue weighted by atomic mass is 16.1. The molecule has 2 heteroatoms. The molecule has 0 fully saturated rings. The maximum absolute atomic E-state index is 9.90. The van der Waals surface area contributed by atoms with Crippen molar-refractivity contribution < 1.29 is 4.79 Å². The second-order valence-corrected chi connectivity index (χ2v) is 3.79. The third kappa shape index (κ3) is 4.74. The lowest BCUT2D eigenvalue weighted by Crippen LogP contribution is -2.16. The van der Waals surface area contributed by atoms with Crippen LogP contribution in [0.25, 0.3) is 0 Å². The van der Waals surface area contributed by atoms with E-state index in [1.54, 1.807) is 6.08 Å². The molecule has 0 heterocycles. The second kappa shape index (κ2) is 4.30. The van der Waals surface area contributed by atoms with Crippen LogP contribution in [0.15, 0.2) is 4.99 Å². The molecule has 0 saturated heterocycles. The smallest absolute Gasteiger partial charge is 0.211 e. The third-order valence-corrected chi connectivity index (χ3v) is 2.08. The summed E-state index contributed by atoms with van der Waals surface area (Å²) < 4.78 is 0. The summed E-state index contributed by atoms with van der Waals surface area (Å²) in [5.41, 5.74) is 0.291. The molecule has 0 aromatic rings. The number of nitrogens with zero attached hydrogens (tertiary/aromatic N) is 1. The topological polar surface area (TPSA) is 29.4 Å². The standard InChI is InChI=1S/C9H17NO/c1-5-9(3,4)6-8(2)10-7-11/h8H,5-6H2,1-4H3. The molecule has 0 aromatic carbocycles. The van der Waals surface area contributed by atoms with Crippen LogP contribution in [0.5, 0.6) is 0 Å². The number of carbonyl (C=O) groups excluding carboxylic acids is 1. The lowest BCUT2D eigenvalue weighted by atomic mass is 9.84. The van der Waals surface area contributed by atoms with Crippen LogP contribution < -0.4 is 0 Å². The van der Waals surface area contributed by atoms with Crippen LogP contribution in [-0.2, 0) is 4.79 Å². The lowest BCUT2D eigenvalue weighted by Gasteiger charge is -2.23. The number of hydrogen-bond donors (Lipinski definition) is 0. The maximum atomic E-state index is 9.90. The molecule has 0 bridgehead atoms. The quantitative estimate of drug-likeness (QED) is 0.453. The summed E-state index contributed by atoms with van der Waals surface area (Å²) in [5.74, 6) is 0. The van der Waals surface area contributed by atoms with Gasteiger partial charge in [-0.05, 0) is 18.8 Å². The number of isocyanates is 1. The van der Waals surface area contributed by atoms with Crippen molar-refractivity contribution in [3.05, 3.63) is 0 Å². The van der Waals surface area contributed by atoms with E-state index >= 15 is 0 Å². The van der Waals surface area contributed by atoms with Crippen molar-refractivity contribution in [1.29, 1.82) is 0 Å². The fraction of sp³-hybridized carbons (Fsp3) is 0.889.